The highest BCUT2D eigenvalue weighted by Gasteiger charge is 2.34. The van der Waals surface area contributed by atoms with Gasteiger partial charge in [-0.15, -0.1) is 0 Å². The molecule has 0 radical (unpaired) electrons. The summed E-state index contributed by atoms with van der Waals surface area (Å²) < 4.78 is 22.3. The third-order valence-electron chi connectivity index (χ3n) is 4.77. The van der Waals surface area contributed by atoms with Gasteiger partial charge in [0.2, 0.25) is 0 Å². The van der Waals surface area contributed by atoms with E-state index in [9.17, 15) is 14.0 Å². The van der Waals surface area contributed by atoms with Crippen LogP contribution in [0.5, 0.6) is 0 Å². The fraction of sp³-hybridized carbons (Fsp3) is 0.136. The van der Waals surface area contributed by atoms with E-state index in [0.29, 0.717) is 15.0 Å². The maximum Gasteiger partial charge on any atom is 0.338 e. The van der Waals surface area contributed by atoms with Gasteiger partial charge >= 0.3 is 5.97 Å². The minimum absolute atomic E-state index is 0.143. The first-order valence-corrected chi connectivity index (χ1v) is 10.6. The second-order valence-electron chi connectivity index (χ2n) is 6.65. The van der Waals surface area contributed by atoms with E-state index >= 15 is 0 Å². The van der Waals surface area contributed by atoms with Crippen LogP contribution in [0.1, 0.15) is 24.1 Å². The van der Waals surface area contributed by atoms with Gasteiger partial charge in [0.25, 0.3) is 5.56 Å². The number of carbonyl (C=O) groups excluding carboxylic acids is 1. The Kier molecular flexibility index (Phi) is 5.53. The number of aromatic nitrogens is 1. The summed E-state index contributed by atoms with van der Waals surface area (Å²) >= 11 is 4.62. The Morgan fingerprint density at radius 3 is 2.73 bits per heavy atom. The van der Waals surface area contributed by atoms with Crippen molar-refractivity contribution in [1.29, 1.82) is 0 Å². The van der Waals surface area contributed by atoms with E-state index in [-0.39, 0.29) is 16.7 Å². The summed E-state index contributed by atoms with van der Waals surface area (Å²) in [4.78, 5) is 30.7. The Morgan fingerprint density at radius 2 is 2.03 bits per heavy atom. The van der Waals surface area contributed by atoms with Crippen molar-refractivity contribution < 1.29 is 13.9 Å². The predicted octanol–water partition coefficient (Wildman–Crippen LogP) is 3.31. The van der Waals surface area contributed by atoms with Crippen LogP contribution >= 0.6 is 27.3 Å². The van der Waals surface area contributed by atoms with Crippen LogP contribution in [0.4, 0.5) is 4.39 Å². The quantitative estimate of drug-likeness (QED) is 0.533. The van der Waals surface area contributed by atoms with Gasteiger partial charge in [-0.3, -0.25) is 9.36 Å². The molecule has 0 amide bonds. The first-order chi connectivity index (χ1) is 14.4. The van der Waals surface area contributed by atoms with Crippen molar-refractivity contribution in [1.82, 2.24) is 4.57 Å². The third-order valence-corrected chi connectivity index (χ3v) is 6.25. The van der Waals surface area contributed by atoms with E-state index in [1.165, 1.54) is 29.1 Å². The van der Waals surface area contributed by atoms with Gasteiger partial charge in [0.15, 0.2) is 4.80 Å². The van der Waals surface area contributed by atoms with Gasteiger partial charge < -0.3 is 4.74 Å². The molecular formula is C22H16BrFN2O3S. The molecule has 1 aliphatic heterocycles. The van der Waals surface area contributed by atoms with Crippen molar-refractivity contribution >= 4 is 39.3 Å². The van der Waals surface area contributed by atoms with Gasteiger partial charge in [-0.05, 0) is 36.8 Å². The maximum absolute atomic E-state index is 14.7. The van der Waals surface area contributed by atoms with Crippen LogP contribution < -0.4 is 14.9 Å². The molecule has 0 saturated heterocycles. The molecular weight excluding hydrogens is 471 g/mol. The smallest absolute Gasteiger partial charge is 0.338 e. The number of carbonyl (C=O) groups is 1. The van der Waals surface area contributed by atoms with E-state index in [1.807, 2.05) is 24.3 Å². The Labute approximate surface area is 183 Å². The Bertz CT molecular complexity index is 1370. The first kappa shape index (κ1) is 20.4. The molecule has 1 aliphatic rings. The monoisotopic (exact) mass is 486 g/mol. The molecule has 5 nitrogen and oxygen atoms in total. The van der Waals surface area contributed by atoms with E-state index < -0.39 is 17.8 Å². The maximum atomic E-state index is 14.7. The molecule has 0 aliphatic carbocycles. The predicted molar refractivity (Wildman–Crippen MR) is 116 cm³/mol. The molecule has 0 N–H and O–H groups in total. The first-order valence-electron chi connectivity index (χ1n) is 9.01. The average Bonchev–Trinajstić information content (AvgIpc) is 3.02. The molecule has 2 aromatic carbocycles. The lowest BCUT2D eigenvalue weighted by molar-refractivity contribution is -0.136. The van der Waals surface area contributed by atoms with Crippen LogP contribution in [-0.2, 0) is 9.53 Å². The van der Waals surface area contributed by atoms with Gasteiger partial charge in [0, 0.05) is 10.0 Å². The zero-order chi connectivity index (χ0) is 21.4. The molecule has 0 bridgehead atoms. The van der Waals surface area contributed by atoms with Crippen molar-refractivity contribution in [3.05, 3.63) is 101 Å². The summed E-state index contributed by atoms with van der Waals surface area (Å²) in [7, 11) is 1.25. The topological polar surface area (TPSA) is 60.7 Å². The Morgan fingerprint density at radius 1 is 1.27 bits per heavy atom. The number of allylic oxidation sites excluding steroid dienone is 1. The highest BCUT2D eigenvalue weighted by Crippen LogP contribution is 2.31. The lowest BCUT2D eigenvalue weighted by Gasteiger charge is -2.24. The van der Waals surface area contributed by atoms with Gasteiger partial charge in [-0.2, -0.15) is 0 Å². The van der Waals surface area contributed by atoms with Crippen LogP contribution in [-0.4, -0.2) is 17.6 Å². The highest BCUT2D eigenvalue weighted by molar-refractivity contribution is 9.10. The van der Waals surface area contributed by atoms with E-state index in [1.54, 1.807) is 31.2 Å². The molecule has 4 rings (SSSR count). The summed E-state index contributed by atoms with van der Waals surface area (Å²) in [5.74, 6) is -1.16. The summed E-state index contributed by atoms with van der Waals surface area (Å²) in [5, 5.41) is 0. The van der Waals surface area contributed by atoms with Crippen molar-refractivity contribution in [2.45, 2.75) is 13.0 Å². The number of halogens is 2. The lowest BCUT2D eigenvalue weighted by Crippen LogP contribution is -2.40. The standard InChI is InChI=1S/C22H16BrFN2O3S/c1-12-18(21(28)29-2)19(15-8-3-4-9-16(15)24)26-20(27)17(30-22(26)25-12)11-13-6-5-7-14(23)10-13/h3-11,19H,1-2H3. The molecule has 2 heterocycles. The zero-order valence-electron chi connectivity index (χ0n) is 16.1. The van der Waals surface area contributed by atoms with Crippen molar-refractivity contribution in [3.8, 4) is 0 Å². The largest absolute Gasteiger partial charge is 0.466 e. The van der Waals surface area contributed by atoms with Crippen LogP contribution in [0.2, 0.25) is 0 Å². The van der Waals surface area contributed by atoms with Crippen LogP contribution in [0.3, 0.4) is 0 Å². The van der Waals surface area contributed by atoms with Crippen molar-refractivity contribution in [2.24, 2.45) is 4.99 Å². The fourth-order valence-corrected chi connectivity index (χ4v) is 4.90. The second-order valence-corrected chi connectivity index (χ2v) is 8.57. The molecule has 8 heteroatoms. The summed E-state index contributed by atoms with van der Waals surface area (Å²) in [6, 6.07) is 12.7. The number of rotatable bonds is 3. The molecule has 3 aromatic rings. The summed E-state index contributed by atoms with van der Waals surface area (Å²) in [6.07, 6.45) is 1.75. The number of fused-ring (bicyclic) bond motifs is 1. The van der Waals surface area contributed by atoms with Crippen LogP contribution in [0, 0.1) is 5.82 Å². The van der Waals surface area contributed by atoms with Gasteiger partial charge in [0.1, 0.15) is 11.9 Å². The van der Waals surface area contributed by atoms with E-state index in [4.69, 9.17) is 4.74 Å². The minimum atomic E-state index is -0.959. The van der Waals surface area contributed by atoms with Crippen LogP contribution in [0.15, 0.2) is 74.1 Å². The number of benzene rings is 2. The molecule has 1 aromatic heterocycles. The number of ether oxygens (including phenoxy) is 1. The lowest BCUT2D eigenvalue weighted by atomic mass is 9.95. The molecule has 1 atom stereocenters. The van der Waals surface area contributed by atoms with Gasteiger partial charge in [-0.25, -0.2) is 14.2 Å². The molecule has 30 heavy (non-hydrogen) atoms. The molecule has 0 fully saturated rings. The molecule has 152 valence electrons. The molecule has 0 saturated carbocycles. The third kappa shape index (κ3) is 3.57. The van der Waals surface area contributed by atoms with Crippen molar-refractivity contribution in [3.63, 3.8) is 0 Å². The Balaban J connectivity index is 2.01. The molecule has 0 spiro atoms. The van der Waals surface area contributed by atoms with Crippen LogP contribution in [0.25, 0.3) is 6.08 Å². The summed E-state index contributed by atoms with van der Waals surface area (Å²) in [5.41, 5.74) is 1.23. The highest BCUT2D eigenvalue weighted by atomic mass is 79.9. The number of thiazole rings is 1. The minimum Gasteiger partial charge on any atom is -0.466 e. The summed E-state index contributed by atoms with van der Waals surface area (Å²) in [6.45, 7) is 1.66. The zero-order valence-corrected chi connectivity index (χ0v) is 18.5. The number of methoxy groups -OCH3 is 1. The SMILES string of the molecule is COC(=O)C1=C(C)N=c2sc(=Cc3cccc(Br)c3)c(=O)n2C1c1ccccc1F. The van der Waals surface area contributed by atoms with Gasteiger partial charge in [0.05, 0.1) is 22.9 Å². The average molecular weight is 487 g/mol. The number of nitrogens with zero attached hydrogens (tertiary/aromatic N) is 2. The number of hydrogen-bond donors (Lipinski definition) is 0. The number of hydrogen-bond acceptors (Lipinski definition) is 5. The van der Waals surface area contributed by atoms with E-state index in [0.717, 1.165) is 10.0 Å². The van der Waals surface area contributed by atoms with Gasteiger partial charge in [-0.1, -0.05) is 57.6 Å². The van der Waals surface area contributed by atoms with E-state index in [2.05, 4.69) is 20.9 Å². The number of esters is 1. The normalized spacial score (nSPS) is 16.3. The fourth-order valence-electron chi connectivity index (χ4n) is 3.43. The Hall–Kier alpha value is -2.84. The molecule has 1 unspecified atom stereocenters. The second kappa shape index (κ2) is 8.12. The van der Waals surface area contributed by atoms with Crippen molar-refractivity contribution in [2.75, 3.05) is 7.11 Å².